The third-order valence-electron chi connectivity index (χ3n) is 9.32. The predicted octanol–water partition coefficient (Wildman–Crippen LogP) is 4.82. The maximum absolute atomic E-state index is 13.9. The standard InChI is InChI=1S/C37H45F3N4O10S/c1-23(2)19-44(55(47,48)27-9-10-31-32(17-27)53-22-52-31)20-30(45)29(43-36(46)54-33-21-51-35-28(33)12-15-50-35)16-24-4-7-26(8-5-24)49-14-3-13-41-34-11-6-25(18-42-34)37(38,39)40/h4-11,17-18,23,28-30,33,35,45H,3,12-16,19-22H2,1-2H3,(H,41,42)(H,43,46)/t28-,29-,30+,33-,35+/m0/s1. The Morgan fingerprint density at radius 3 is 2.56 bits per heavy atom. The van der Waals surface area contributed by atoms with Crippen LogP contribution in [0.2, 0.25) is 0 Å². The van der Waals surface area contributed by atoms with Gasteiger partial charge >= 0.3 is 12.3 Å². The molecule has 0 saturated carbocycles. The smallest absolute Gasteiger partial charge is 0.417 e. The van der Waals surface area contributed by atoms with Crippen molar-refractivity contribution in [3.8, 4) is 17.2 Å². The number of benzene rings is 2. The molecule has 14 nitrogen and oxygen atoms in total. The molecule has 2 fully saturated rings. The molecule has 18 heteroatoms. The van der Waals surface area contributed by atoms with Crippen LogP contribution in [-0.2, 0) is 36.8 Å². The molecule has 300 valence electrons. The van der Waals surface area contributed by atoms with Gasteiger partial charge in [-0.3, -0.25) is 0 Å². The highest BCUT2D eigenvalue weighted by molar-refractivity contribution is 7.89. The molecule has 2 saturated heterocycles. The Kier molecular flexibility index (Phi) is 12.9. The lowest BCUT2D eigenvalue weighted by atomic mass is 10.0. The average molecular weight is 795 g/mol. The first-order valence-corrected chi connectivity index (χ1v) is 19.5. The van der Waals surface area contributed by atoms with Crippen LogP contribution in [-0.4, -0.2) is 99.7 Å². The number of sulfonamides is 1. The maximum atomic E-state index is 13.9. The number of pyridine rings is 1. The zero-order valence-corrected chi connectivity index (χ0v) is 31.2. The van der Waals surface area contributed by atoms with Crippen molar-refractivity contribution in [2.45, 2.75) is 68.7 Å². The van der Waals surface area contributed by atoms with Gasteiger partial charge in [-0.05, 0) is 67.1 Å². The van der Waals surface area contributed by atoms with Crippen LogP contribution in [0, 0.1) is 11.8 Å². The van der Waals surface area contributed by atoms with Gasteiger partial charge in [-0.2, -0.15) is 17.5 Å². The summed E-state index contributed by atoms with van der Waals surface area (Å²) < 4.78 is 101. The van der Waals surface area contributed by atoms with Crippen molar-refractivity contribution in [3.63, 3.8) is 0 Å². The minimum atomic E-state index is -4.45. The normalized spacial score (nSPS) is 20.3. The molecule has 0 bridgehead atoms. The van der Waals surface area contributed by atoms with E-state index < -0.39 is 52.4 Å². The lowest BCUT2D eigenvalue weighted by Gasteiger charge is -2.31. The topological polar surface area (TPSA) is 167 Å². The number of hydrogen-bond donors (Lipinski definition) is 3. The Hall–Kier alpha value is -4.36. The molecule has 2 aromatic carbocycles. The van der Waals surface area contributed by atoms with Crippen LogP contribution in [0.1, 0.15) is 37.8 Å². The zero-order valence-electron chi connectivity index (χ0n) is 30.4. The van der Waals surface area contributed by atoms with Crippen LogP contribution in [0.4, 0.5) is 23.8 Å². The van der Waals surface area contributed by atoms with E-state index >= 15 is 0 Å². The molecule has 1 aromatic heterocycles. The second kappa shape index (κ2) is 17.6. The minimum absolute atomic E-state index is 0.0186. The van der Waals surface area contributed by atoms with E-state index in [0.717, 1.165) is 12.3 Å². The fourth-order valence-electron chi connectivity index (χ4n) is 6.47. The molecule has 0 spiro atoms. The second-order valence-electron chi connectivity index (χ2n) is 13.9. The van der Waals surface area contributed by atoms with Crippen molar-refractivity contribution in [3.05, 3.63) is 71.9 Å². The monoisotopic (exact) mass is 794 g/mol. The fourth-order valence-corrected chi connectivity index (χ4v) is 8.11. The summed E-state index contributed by atoms with van der Waals surface area (Å²) in [7, 11) is -4.12. The summed E-state index contributed by atoms with van der Waals surface area (Å²) in [6.45, 7) is 4.87. The van der Waals surface area contributed by atoms with E-state index in [0.29, 0.717) is 61.2 Å². The average Bonchev–Trinajstić information content (AvgIpc) is 3.90. The summed E-state index contributed by atoms with van der Waals surface area (Å²) in [6.07, 6.45) is -5.45. The van der Waals surface area contributed by atoms with Gasteiger partial charge in [0.05, 0.1) is 48.3 Å². The lowest BCUT2D eigenvalue weighted by molar-refractivity contribution is -0.137. The van der Waals surface area contributed by atoms with Crippen LogP contribution in [0.5, 0.6) is 17.2 Å². The molecule has 1 amide bonds. The van der Waals surface area contributed by atoms with E-state index in [1.807, 2.05) is 13.8 Å². The first kappa shape index (κ1) is 40.3. The highest BCUT2D eigenvalue weighted by Crippen LogP contribution is 2.36. The number of aliphatic hydroxyl groups excluding tert-OH is 1. The van der Waals surface area contributed by atoms with Crippen LogP contribution < -0.4 is 24.8 Å². The van der Waals surface area contributed by atoms with Gasteiger partial charge in [0.2, 0.25) is 16.8 Å². The number of aliphatic hydroxyl groups is 1. The summed E-state index contributed by atoms with van der Waals surface area (Å²) in [5.41, 5.74) is -0.106. The van der Waals surface area contributed by atoms with Crippen molar-refractivity contribution in [2.24, 2.45) is 11.8 Å². The number of nitrogens with one attached hydrogen (secondary N) is 2. The predicted molar refractivity (Wildman–Crippen MR) is 191 cm³/mol. The van der Waals surface area contributed by atoms with E-state index in [1.165, 1.54) is 28.6 Å². The zero-order chi connectivity index (χ0) is 39.2. The molecule has 0 unspecified atom stereocenters. The van der Waals surface area contributed by atoms with Crippen molar-refractivity contribution in [1.82, 2.24) is 14.6 Å². The van der Waals surface area contributed by atoms with Gasteiger partial charge in [0.1, 0.15) is 17.7 Å². The molecule has 55 heavy (non-hydrogen) atoms. The summed E-state index contributed by atoms with van der Waals surface area (Å²) in [6, 6.07) is 12.6. The number of amides is 1. The van der Waals surface area contributed by atoms with E-state index in [1.54, 1.807) is 24.3 Å². The van der Waals surface area contributed by atoms with E-state index in [2.05, 4.69) is 15.6 Å². The molecular weight excluding hydrogens is 749 g/mol. The molecule has 4 heterocycles. The number of ether oxygens (including phenoxy) is 6. The van der Waals surface area contributed by atoms with Crippen molar-refractivity contribution in [2.75, 3.05) is 51.6 Å². The van der Waals surface area contributed by atoms with Gasteiger partial charge < -0.3 is 44.2 Å². The number of halogens is 3. The number of anilines is 1. The van der Waals surface area contributed by atoms with Crippen LogP contribution in [0.3, 0.4) is 0 Å². The van der Waals surface area contributed by atoms with E-state index in [4.69, 9.17) is 28.4 Å². The third-order valence-corrected chi connectivity index (χ3v) is 11.1. The molecule has 3 N–H and O–H groups in total. The summed E-state index contributed by atoms with van der Waals surface area (Å²) in [5, 5.41) is 17.4. The fraction of sp³-hybridized carbons (Fsp3) is 0.514. The number of carbonyl (C=O) groups excluding carboxylic acids is 1. The molecule has 3 aromatic rings. The first-order chi connectivity index (χ1) is 26.3. The molecule has 3 aliphatic rings. The number of alkyl halides is 3. The van der Waals surface area contributed by atoms with Gasteiger partial charge in [-0.25, -0.2) is 18.2 Å². The molecule has 0 radical (unpaired) electrons. The van der Waals surface area contributed by atoms with Crippen LogP contribution in [0.25, 0.3) is 0 Å². The first-order valence-electron chi connectivity index (χ1n) is 18.0. The Morgan fingerprint density at radius 1 is 1.05 bits per heavy atom. The molecule has 6 rings (SSSR count). The number of fused-ring (bicyclic) bond motifs is 2. The molecule has 3 aliphatic heterocycles. The quantitative estimate of drug-likeness (QED) is 0.160. The number of carbonyl (C=O) groups is 1. The van der Waals surface area contributed by atoms with Crippen molar-refractivity contribution in [1.29, 1.82) is 0 Å². The minimum Gasteiger partial charge on any atom is -0.494 e. The number of alkyl carbamates (subject to hydrolysis) is 1. The van der Waals surface area contributed by atoms with Gasteiger partial charge in [0, 0.05) is 31.9 Å². The molecular formula is C37H45F3N4O10S. The van der Waals surface area contributed by atoms with E-state index in [9.17, 15) is 31.5 Å². The largest absolute Gasteiger partial charge is 0.494 e. The molecule has 5 atom stereocenters. The highest BCUT2D eigenvalue weighted by atomic mass is 32.2. The Labute approximate surface area is 317 Å². The van der Waals surface area contributed by atoms with Crippen LogP contribution in [0.15, 0.2) is 65.7 Å². The molecule has 0 aliphatic carbocycles. The van der Waals surface area contributed by atoms with Crippen LogP contribution >= 0.6 is 0 Å². The third kappa shape index (κ3) is 10.5. The number of nitrogens with zero attached hydrogens (tertiary/aromatic N) is 2. The van der Waals surface area contributed by atoms with Gasteiger partial charge in [0.25, 0.3) is 0 Å². The van der Waals surface area contributed by atoms with Crippen molar-refractivity contribution < 1.29 is 59.9 Å². The van der Waals surface area contributed by atoms with Crippen molar-refractivity contribution >= 4 is 21.9 Å². The van der Waals surface area contributed by atoms with Gasteiger partial charge in [-0.1, -0.05) is 26.0 Å². The summed E-state index contributed by atoms with van der Waals surface area (Å²) in [4.78, 5) is 17.1. The SMILES string of the molecule is CC(C)CN(C[C@@H](O)[C@H](Cc1ccc(OCCCNc2ccc(C(F)(F)F)cn2)cc1)NC(=O)O[C@H]1CO[C@H]2OCC[C@H]21)S(=O)(=O)c1ccc2c(c1)OCO2. The lowest BCUT2D eigenvalue weighted by Crippen LogP contribution is -2.51. The Balaban J connectivity index is 1.09. The number of hydrogen-bond acceptors (Lipinski definition) is 12. The maximum Gasteiger partial charge on any atom is 0.417 e. The second-order valence-corrected chi connectivity index (χ2v) is 15.9. The van der Waals surface area contributed by atoms with Gasteiger partial charge in [-0.15, -0.1) is 0 Å². The van der Waals surface area contributed by atoms with Gasteiger partial charge in [0.15, 0.2) is 17.8 Å². The Bertz CT molecular complexity index is 1850. The summed E-state index contributed by atoms with van der Waals surface area (Å²) >= 11 is 0. The highest BCUT2D eigenvalue weighted by Gasteiger charge is 2.44. The number of rotatable bonds is 17. The summed E-state index contributed by atoms with van der Waals surface area (Å²) in [5.74, 6) is 1.40. The van der Waals surface area contributed by atoms with E-state index in [-0.39, 0.29) is 49.6 Å². The number of aromatic nitrogens is 1. The Morgan fingerprint density at radius 2 is 1.84 bits per heavy atom.